The van der Waals surface area contributed by atoms with Gasteiger partial charge in [-0.15, -0.1) is 0 Å². The molecule has 0 bridgehead atoms. The van der Waals surface area contributed by atoms with Crippen LogP contribution in [0.25, 0.3) is 0 Å². The van der Waals surface area contributed by atoms with Gasteiger partial charge in [0.15, 0.2) is 0 Å². The molecule has 2 aromatic rings. The molecule has 120 valence electrons. The SMILES string of the molecule is COC(=O)c1ccc(CNC(=O)Nc2c(F)cccc2Cl)cc1. The number of anilines is 1. The number of esters is 1. The van der Waals surface area contributed by atoms with Crippen LogP contribution in [0, 0.1) is 5.82 Å². The highest BCUT2D eigenvalue weighted by Gasteiger charge is 2.10. The molecule has 0 aromatic heterocycles. The number of para-hydroxylation sites is 1. The van der Waals surface area contributed by atoms with Gasteiger partial charge in [0.25, 0.3) is 0 Å². The highest BCUT2D eigenvalue weighted by Crippen LogP contribution is 2.24. The number of ether oxygens (including phenoxy) is 1. The Morgan fingerprint density at radius 1 is 1.17 bits per heavy atom. The number of urea groups is 1. The highest BCUT2D eigenvalue weighted by atomic mass is 35.5. The summed E-state index contributed by atoms with van der Waals surface area (Å²) in [4.78, 5) is 23.1. The van der Waals surface area contributed by atoms with E-state index >= 15 is 0 Å². The van der Waals surface area contributed by atoms with Gasteiger partial charge >= 0.3 is 12.0 Å². The number of carbonyl (C=O) groups excluding carboxylic acids is 2. The molecule has 2 amide bonds. The number of methoxy groups -OCH3 is 1. The first-order valence-electron chi connectivity index (χ1n) is 6.67. The Morgan fingerprint density at radius 3 is 2.48 bits per heavy atom. The Labute approximate surface area is 137 Å². The van der Waals surface area contributed by atoms with Crippen molar-refractivity contribution in [2.24, 2.45) is 0 Å². The summed E-state index contributed by atoms with van der Waals surface area (Å²) in [5.41, 5.74) is 1.11. The summed E-state index contributed by atoms with van der Waals surface area (Å²) in [6.45, 7) is 0.208. The van der Waals surface area contributed by atoms with Gasteiger partial charge < -0.3 is 15.4 Å². The van der Waals surface area contributed by atoms with Crippen LogP contribution in [-0.4, -0.2) is 19.1 Å². The summed E-state index contributed by atoms with van der Waals surface area (Å²) in [6, 6.07) is 10.1. The number of halogens is 2. The minimum Gasteiger partial charge on any atom is -0.465 e. The van der Waals surface area contributed by atoms with Gasteiger partial charge in [0.05, 0.1) is 23.4 Å². The molecule has 0 aliphatic heterocycles. The van der Waals surface area contributed by atoms with E-state index in [2.05, 4.69) is 15.4 Å². The largest absolute Gasteiger partial charge is 0.465 e. The van der Waals surface area contributed by atoms with Crippen molar-refractivity contribution in [2.75, 3.05) is 12.4 Å². The fraction of sp³-hybridized carbons (Fsp3) is 0.125. The van der Waals surface area contributed by atoms with E-state index in [-0.39, 0.29) is 17.3 Å². The third-order valence-corrected chi connectivity index (χ3v) is 3.34. The van der Waals surface area contributed by atoms with Crippen molar-refractivity contribution in [3.8, 4) is 0 Å². The van der Waals surface area contributed by atoms with E-state index in [0.717, 1.165) is 5.56 Å². The van der Waals surface area contributed by atoms with Crippen molar-refractivity contribution in [2.45, 2.75) is 6.54 Å². The van der Waals surface area contributed by atoms with Crippen molar-refractivity contribution in [3.05, 3.63) is 64.4 Å². The summed E-state index contributed by atoms with van der Waals surface area (Å²) in [5, 5.41) is 5.04. The molecule has 0 saturated carbocycles. The third-order valence-electron chi connectivity index (χ3n) is 3.03. The van der Waals surface area contributed by atoms with Crippen LogP contribution in [0.4, 0.5) is 14.9 Å². The molecule has 2 rings (SSSR count). The molecule has 0 radical (unpaired) electrons. The summed E-state index contributed by atoms with van der Waals surface area (Å²) < 4.78 is 18.2. The fourth-order valence-electron chi connectivity index (χ4n) is 1.83. The van der Waals surface area contributed by atoms with Crippen LogP contribution >= 0.6 is 11.6 Å². The molecule has 0 aliphatic carbocycles. The second-order valence-electron chi connectivity index (χ2n) is 4.59. The zero-order valence-corrected chi connectivity index (χ0v) is 13.0. The lowest BCUT2D eigenvalue weighted by Crippen LogP contribution is -2.28. The van der Waals surface area contributed by atoms with Crippen LogP contribution in [0.3, 0.4) is 0 Å². The quantitative estimate of drug-likeness (QED) is 0.838. The first kappa shape index (κ1) is 16.8. The number of benzene rings is 2. The molecule has 0 fully saturated rings. The van der Waals surface area contributed by atoms with Gasteiger partial charge in [-0.05, 0) is 29.8 Å². The van der Waals surface area contributed by atoms with E-state index in [0.29, 0.717) is 5.56 Å². The zero-order valence-electron chi connectivity index (χ0n) is 12.2. The van der Waals surface area contributed by atoms with Gasteiger partial charge in [0.1, 0.15) is 5.82 Å². The van der Waals surface area contributed by atoms with E-state index in [1.54, 1.807) is 24.3 Å². The van der Waals surface area contributed by atoms with Crippen LogP contribution in [0.5, 0.6) is 0 Å². The van der Waals surface area contributed by atoms with Gasteiger partial charge in [-0.2, -0.15) is 0 Å². The lowest BCUT2D eigenvalue weighted by molar-refractivity contribution is 0.0600. The van der Waals surface area contributed by atoms with E-state index in [1.165, 1.54) is 25.3 Å². The average Bonchev–Trinajstić information content (AvgIpc) is 2.56. The summed E-state index contributed by atoms with van der Waals surface area (Å²) in [7, 11) is 1.30. The summed E-state index contributed by atoms with van der Waals surface area (Å²) in [6.07, 6.45) is 0. The second kappa shape index (κ2) is 7.60. The Balaban J connectivity index is 1.93. The standard InChI is InChI=1S/C16H14ClFN2O3/c1-23-15(21)11-7-5-10(6-8-11)9-19-16(22)20-14-12(17)3-2-4-13(14)18/h2-8H,9H2,1H3,(H2,19,20,22). The predicted molar refractivity (Wildman–Crippen MR) is 85.0 cm³/mol. The Morgan fingerprint density at radius 2 is 1.87 bits per heavy atom. The van der Waals surface area contributed by atoms with Crippen molar-refractivity contribution >= 4 is 29.3 Å². The zero-order chi connectivity index (χ0) is 16.8. The Kier molecular flexibility index (Phi) is 5.54. The molecule has 2 N–H and O–H groups in total. The lowest BCUT2D eigenvalue weighted by Gasteiger charge is -2.10. The van der Waals surface area contributed by atoms with Gasteiger partial charge in [0.2, 0.25) is 0 Å². The minimum atomic E-state index is -0.616. The lowest BCUT2D eigenvalue weighted by atomic mass is 10.1. The van der Waals surface area contributed by atoms with E-state index in [9.17, 15) is 14.0 Å². The number of hydrogen-bond donors (Lipinski definition) is 2. The summed E-state index contributed by atoms with van der Waals surface area (Å²) in [5.74, 6) is -1.05. The molecule has 0 heterocycles. The second-order valence-corrected chi connectivity index (χ2v) is 5.00. The fourth-order valence-corrected chi connectivity index (χ4v) is 2.04. The van der Waals surface area contributed by atoms with Crippen molar-refractivity contribution in [1.82, 2.24) is 5.32 Å². The Bertz CT molecular complexity index is 700. The van der Waals surface area contributed by atoms with E-state index in [4.69, 9.17) is 11.6 Å². The molecule has 0 saturated heterocycles. The first-order valence-corrected chi connectivity index (χ1v) is 7.05. The molecule has 23 heavy (non-hydrogen) atoms. The van der Waals surface area contributed by atoms with Crippen molar-refractivity contribution in [3.63, 3.8) is 0 Å². The summed E-state index contributed by atoms with van der Waals surface area (Å²) >= 11 is 5.83. The molecule has 0 spiro atoms. The Hall–Kier alpha value is -2.60. The molecule has 0 unspecified atom stereocenters. The van der Waals surface area contributed by atoms with Gasteiger partial charge in [0, 0.05) is 6.54 Å². The number of rotatable bonds is 4. The molecule has 7 heteroatoms. The predicted octanol–water partition coefficient (Wildman–Crippen LogP) is 3.59. The smallest absolute Gasteiger partial charge is 0.337 e. The maximum atomic E-state index is 13.6. The third kappa shape index (κ3) is 4.43. The van der Waals surface area contributed by atoms with Crippen LogP contribution < -0.4 is 10.6 Å². The number of amides is 2. The van der Waals surface area contributed by atoms with E-state index < -0.39 is 17.8 Å². The van der Waals surface area contributed by atoms with Crippen LogP contribution in [0.2, 0.25) is 5.02 Å². The number of hydrogen-bond acceptors (Lipinski definition) is 3. The molecule has 2 aromatic carbocycles. The number of nitrogens with one attached hydrogen (secondary N) is 2. The molecule has 0 atom stereocenters. The first-order chi connectivity index (χ1) is 11.0. The van der Waals surface area contributed by atoms with Crippen LogP contribution in [0.1, 0.15) is 15.9 Å². The molecule has 0 aliphatic rings. The monoisotopic (exact) mass is 336 g/mol. The molecule has 5 nitrogen and oxygen atoms in total. The molecular weight excluding hydrogens is 323 g/mol. The van der Waals surface area contributed by atoms with Gasteiger partial charge in [-0.25, -0.2) is 14.0 Å². The number of carbonyl (C=O) groups is 2. The van der Waals surface area contributed by atoms with Crippen molar-refractivity contribution in [1.29, 1.82) is 0 Å². The van der Waals surface area contributed by atoms with Crippen molar-refractivity contribution < 1.29 is 18.7 Å². The van der Waals surface area contributed by atoms with Crippen LogP contribution in [-0.2, 0) is 11.3 Å². The van der Waals surface area contributed by atoms with Crippen LogP contribution in [0.15, 0.2) is 42.5 Å². The van der Waals surface area contributed by atoms with Gasteiger partial charge in [-0.1, -0.05) is 29.8 Å². The maximum absolute atomic E-state index is 13.6. The van der Waals surface area contributed by atoms with E-state index in [1.807, 2.05) is 0 Å². The normalized spacial score (nSPS) is 10.0. The average molecular weight is 337 g/mol. The minimum absolute atomic E-state index is 0.0762. The molecular formula is C16H14ClFN2O3. The topological polar surface area (TPSA) is 67.4 Å². The maximum Gasteiger partial charge on any atom is 0.337 e. The highest BCUT2D eigenvalue weighted by molar-refractivity contribution is 6.33. The van der Waals surface area contributed by atoms with Gasteiger partial charge in [-0.3, -0.25) is 0 Å².